The molecule has 2 heterocycles. The molecule has 2 aromatic carbocycles. The number of fused-ring (bicyclic) bond motifs is 1. The van der Waals surface area contributed by atoms with E-state index < -0.39 is 21.6 Å². The van der Waals surface area contributed by atoms with Crippen molar-refractivity contribution in [3.63, 3.8) is 0 Å². The topological polar surface area (TPSA) is 96.9 Å². The van der Waals surface area contributed by atoms with Crippen LogP contribution in [0.2, 0.25) is 0 Å². The van der Waals surface area contributed by atoms with Crippen molar-refractivity contribution in [2.24, 2.45) is 4.99 Å². The van der Waals surface area contributed by atoms with Crippen molar-refractivity contribution in [3.05, 3.63) is 59.7 Å². The first-order chi connectivity index (χ1) is 15.6. The number of benzene rings is 2. The summed E-state index contributed by atoms with van der Waals surface area (Å²) >= 11 is 1.38. The molecule has 0 aromatic heterocycles. The number of alkyl halides is 3. The van der Waals surface area contributed by atoms with E-state index in [1.54, 1.807) is 24.3 Å². The number of anilines is 1. The third kappa shape index (κ3) is 5.99. The Labute approximate surface area is 192 Å². The van der Waals surface area contributed by atoms with Crippen molar-refractivity contribution in [1.82, 2.24) is 5.32 Å². The van der Waals surface area contributed by atoms with E-state index in [9.17, 15) is 26.4 Å². The van der Waals surface area contributed by atoms with Crippen LogP contribution in [0.4, 0.5) is 18.9 Å². The van der Waals surface area contributed by atoms with E-state index in [1.807, 2.05) is 0 Å². The number of thioether (sulfide) groups is 1. The highest BCUT2D eigenvalue weighted by Crippen LogP contribution is 2.34. The van der Waals surface area contributed by atoms with Gasteiger partial charge in [0.05, 0.1) is 29.7 Å². The number of sulfone groups is 1. The number of carbonyl (C=O) groups is 1. The molecule has 2 aromatic rings. The van der Waals surface area contributed by atoms with E-state index in [0.717, 1.165) is 12.1 Å². The lowest BCUT2D eigenvalue weighted by Crippen LogP contribution is -2.28. The average Bonchev–Trinajstić information content (AvgIpc) is 3.23. The largest absolute Gasteiger partial charge is 0.492 e. The van der Waals surface area contributed by atoms with Gasteiger partial charge in [-0.3, -0.25) is 9.79 Å². The van der Waals surface area contributed by atoms with Crippen LogP contribution in [-0.4, -0.2) is 55.4 Å². The standard InChI is InChI=1S/C21H20F3N3O4S2/c22-21(23,24)14-4-2-6-16(10-14)31-8-7-25-19(28)13-3-1-5-15(9-13)26-20-27-17-11-33(29,30)12-18(17)32-20/h1-6,9-10,17-18H,7-8,11-12H2,(H,25,28)(H,26,27)/t17-,18-/m0/s1. The number of hydrogen-bond donors (Lipinski definition) is 2. The molecule has 33 heavy (non-hydrogen) atoms. The molecular formula is C21H20F3N3O4S2. The molecule has 176 valence electrons. The van der Waals surface area contributed by atoms with Crippen molar-refractivity contribution in [2.75, 3.05) is 30.0 Å². The maximum absolute atomic E-state index is 12.7. The van der Waals surface area contributed by atoms with Gasteiger partial charge in [0.15, 0.2) is 15.0 Å². The average molecular weight is 500 g/mol. The molecule has 7 nitrogen and oxygen atoms in total. The highest BCUT2D eigenvalue weighted by Gasteiger charge is 2.42. The smallest absolute Gasteiger partial charge is 0.416 e. The van der Waals surface area contributed by atoms with E-state index in [2.05, 4.69) is 15.6 Å². The summed E-state index contributed by atoms with van der Waals surface area (Å²) in [6.45, 7) is 0.108. The van der Waals surface area contributed by atoms with Crippen LogP contribution in [0.3, 0.4) is 0 Å². The molecule has 0 unspecified atom stereocenters. The van der Waals surface area contributed by atoms with Gasteiger partial charge in [0, 0.05) is 16.5 Å². The first kappa shape index (κ1) is 23.4. The van der Waals surface area contributed by atoms with Crippen LogP contribution in [-0.2, 0) is 16.0 Å². The Balaban J connectivity index is 1.27. The fourth-order valence-electron chi connectivity index (χ4n) is 3.48. The minimum atomic E-state index is -4.45. The fraction of sp³-hybridized carbons (Fsp3) is 0.333. The van der Waals surface area contributed by atoms with Gasteiger partial charge in [-0.2, -0.15) is 13.2 Å². The summed E-state index contributed by atoms with van der Waals surface area (Å²) in [7, 11) is -3.03. The number of rotatable bonds is 6. The number of amidine groups is 1. The zero-order valence-electron chi connectivity index (χ0n) is 17.1. The monoisotopic (exact) mass is 499 g/mol. The van der Waals surface area contributed by atoms with Crippen LogP contribution in [0, 0.1) is 0 Å². The van der Waals surface area contributed by atoms with Crippen molar-refractivity contribution >= 4 is 38.4 Å². The lowest BCUT2D eigenvalue weighted by molar-refractivity contribution is -0.137. The van der Waals surface area contributed by atoms with Gasteiger partial charge in [-0.25, -0.2) is 8.42 Å². The Bertz CT molecular complexity index is 1190. The molecule has 2 N–H and O–H groups in total. The van der Waals surface area contributed by atoms with Gasteiger partial charge in [0.1, 0.15) is 12.4 Å². The summed E-state index contributed by atoms with van der Waals surface area (Å²) in [4.78, 5) is 16.8. The molecule has 0 saturated carbocycles. The molecular weight excluding hydrogens is 479 g/mol. The van der Waals surface area contributed by atoms with Crippen LogP contribution < -0.4 is 15.4 Å². The predicted molar refractivity (Wildman–Crippen MR) is 121 cm³/mol. The molecule has 1 fully saturated rings. The summed E-state index contributed by atoms with van der Waals surface area (Å²) in [5.41, 5.74) is 0.214. The molecule has 0 bridgehead atoms. The maximum atomic E-state index is 12.7. The highest BCUT2D eigenvalue weighted by atomic mass is 32.2. The van der Waals surface area contributed by atoms with Gasteiger partial charge < -0.3 is 15.4 Å². The first-order valence-corrected chi connectivity index (χ1v) is 12.7. The lowest BCUT2D eigenvalue weighted by atomic mass is 10.2. The molecule has 2 atom stereocenters. The zero-order chi connectivity index (χ0) is 23.6. The second-order valence-electron chi connectivity index (χ2n) is 7.57. The Hall–Kier alpha value is -2.73. The molecule has 4 rings (SSSR count). The van der Waals surface area contributed by atoms with Crippen LogP contribution in [0.15, 0.2) is 53.5 Å². The van der Waals surface area contributed by atoms with E-state index in [1.165, 1.54) is 23.9 Å². The van der Waals surface area contributed by atoms with E-state index in [-0.39, 0.29) is 47.6 Å². The summed E-state index contributed by atoms with van der Waals surface area (Å²) in [5.74, 6) is -0.129. The Morgan fingerprint density at radius 2 is 1.94 bits per heavy atom. The summed E-state index contributed by atoms with van der Waals surface area (Å²) in [5, 5.41) is 6.32. The van der Waals surface area contributed by atoms with Crippen LogP contribution >= 0.6 is 11.8 Å². The van der Waals surface area contributed by atoms with Crippen LogP contribution in [0.25, 0.3) is 0 Å². The third-order valence-corrected chi connectivity index (χ3v) is 8.15. The van der Waals surface area contributed by atoms with Gasteiger partial charge in [-0.05, 0) is 36.4 Å². The van der Waals surface area contributed by atoms with Crippen LogP contribution in [0.5, 0.6) is 5.75 Å². The van der Waals surface area contributed by atoms with E-state index in [4.69, 9.17) is 4.74 Å². The van der Waals surface area contributed by atoms with Gasteiger partial charge in [-0.1, -0.05) is 23.9 Å². The molecule has 1 saturated heterocycles. The van der Waals surface area contributed by atoms with Gasteiger partial charge in [0.25, 0.3) is 5.91 Å². The molecule has 0 radical (unpaired) electrons. The third-order valence-electron chi connectivity index (χ3n) is 5.01. The van der Waals surface area contributed by atoms with Gasteiger partial charge >= 0.3 is 6.18 Å². The number of ether oxygens (including phenoxy) is 1. The molecule has 2 aliphatic heterocycles. The quantitative estimate of drug-likeness (QED) is 0.593. The normalized spacial score (nSPS) is 21.2. The van der Waals surface area contributed by atoms with Gasteiger partial charge in [0.2, 0.25) is 0 Å². The zero-order valence-corrected chi connectivity index (χ0v) is 18.8. The lowest BCUT2D eigenvalue weighted by Gasteiger charge is -2.11. The summed E-state index contributed by atoms with van der Waals surface area (Å²) < 4.78 is 66.9. The number of amides is 1. The Morgan fingerprint density at radius 3 is 2.70 bits per heavy atom. The van der Waals surface area contributed by atoms with E-state index >= 15 is 0 Å². The highest BCUT2D eigenvalue weighted by molar-refractivity contribution is 8.15. The number of aliphatic imine (C=N–C) groups is 1. The van der Waals surface area contributed by atoms with Crippen LogP contribution in [0.1, 0.15) is 15.9 Å². The van der Waals surface area contributed by atoms with Crippen molar-refractivity contribution < 1.29 is 31.1 Å². The minimum absolute atomic E-state index is 0.00409. The summed E-state index contributed by atoms with van der Waals surface area (Å²) in [6, 6.07) is 11.0. The first-order valence-electron chi connectivity index (χ1n) is 9.99. The Kier molecular flexibility index (Phi) is 6.57. The second kappa shape index (κ2) is 9.26. The predicted octanol–water partition coefficient (Wildman–Crippen LogP) is 3.19. The van der Waals surface area contributed by atoms with E-state index in [0.29, 0.717) is 16.4 Å². The maximum Gasteiger partial charge on any atom is 0.416 e. The van der Waals surface area contributed by atoms with Gasteiger partial charge in [-0.15, -0.1) is 0 Å². The number of halogens is 3. The Morgan fingerprint density at radius 1 is 1.15 bits per heavy atom. The fourth-order valence-corrected chi connectivity index (χ4v) is 7.15. The number of carbonyl (C=O) groups excluding carboxylic acids is 1. The minimum Gasteiger partial charge on any atom is -0.492 e. The molecule has 2 aliphatic rings. The molecule has 1 amide bonds. The SMILES string of the molecule is O=C(NCCOc1cccc(C(F)(F)F)c1)c1cccc(NC2=N[C@H]3CS(=O)(=O)C[C@@H]3S2)c1. The number of nitrogens with one attached hydrogen (secondary N) is 2. The van der Waals surface area contributed by atoms with Crippen molar-refractivity contribution in [3.8, 4) is 5.75 Å². The molecule has 0 aliphatic carbocycles. The molecule has 0 spiro atoms. The second-order valence-corrected chi connectivity index (χ2v) is 11.0. The number of nitrogens with zero attached hydrogens (tertiary/aromatic N) is 1. The molecule has 12 heteroatoms. The van der Waals surface area contributed by atoms with Crippen molar-refractivity contribution in [1.29, 1.82) is 0 Å². The van der Waals surface area contributed by atoms with Crippen molar-refractivity contribution in [2.45, 2.75) is 17.5 Å². The number of hydrogen-bond acceptors (Lipinski definition) is 7. The summed E-state index contributed by atoms with van der Waals surface area (Å²) in [6.07, 6.45) is -4.45.